The molecule has 5 nitrogen and oxygen atoms in total. The SMILES string of the molecule is NCC1OC(O)C(O)C1O. The number of nitrogens with two attached hydrogens (primary N) is 1. The Morgan fingerprint density at radius 2 is 1.80 bits per heavy atom. The Labute approximate surface area is 58.0 Å². The zero-order valence-electron chi connectivity index (χ0n) is 5.34. The topological polar surface area (TPSA) is 95.9 Å². The van der Waals surface area contributed by atoms with E-state index in [2.05, 4.69) is 4.74 Å². The third-order valence-electron chi connectivity index (χ3n) is 1.57. The quantitative estimate of drug-likeness (QED) is 0.327. The molecule has 1 fully saturated rings. The molecule has 60 valence electrons. The second kappa shape index (κ2) is 2.81. The van der Waals surface area contributed by atoms with Gasteiger partial charge < -0.3 is 25.8 Å². The third-order valence-corrected chi connectivity index (χ3v) is 1.57. The van der Waals surface area contributed by atoms with Crippen molar-refractivity contribution in [1.82, 2.24) is 0 Å². The molecule has 0 amide bonds. The van der Waals surface area contributed by atoms with Crippen LogP contribution < -0.4 is 5.73 Å². The van der Waals surface area contributed by atoms with E-state index in [0.717, 1.165) is 0 Å². The van der Waals surface area contributed by atoms with Crippen LogP contribution in [0.1, 0.15) is 0 Å². The molecular weight excluding hydrogens is 138 g/mol. The average molecular weight is 149 g/mol. The largest absolute Gasteiger partial charge is 0.387 e. The van der Waals surface area contributed by atoms with Crippen LogP contribution in [0.5, 0.6) is 0 Å². The van der Waals surface area contributed by atoms with Crippen molar-refractivity contribution in [2.45, 2.75) is 24.6 Å². The van der Waals surface area contributed by atoms with E-state index in [-0.39, 0.29) is 6.54 Å². The predicted molar refractivity (Wildman–Crippen MR) is 31.9 cm³/mol. The zero-order valence-corrected chi connectivity index (χ0v) is 5.34. The first kappa shape index (κ1) is 7.90. The molecule has 0 aromatic carbocycles. The second-order valence-electron chi connectivity index (χ2n) is 2.28. The van der Waals surface area contributed by atoms with Crippen LogP contribution in [0.2, 0.25) is 0 Å². The Morgan fingerprint density at radius 3 is 2.00 bits per heavy atom. The summed E-state index contributed by atoms with van der Waals surface area (Å²) in [5.74, 6) is 0. The molecule has 1 aliphatic rings. The summed E-state index contributed by atoms with van der Waals surface area (Å²) < 4.78 is 4.67. The van der Waals surface area contributed by atoms with E-state index in [1.165, 1.54) is 0 Å². The van der Waals surface area contributed by atoms with Crippen molar-refractivity contribution in [1.29, 1.82) is 0 Å². The fraction of sp³-hybridized carbons (Fsp3) is 1.00. The van der Waals surface area contributed by atoms with Crippen molar-refractivity contribution in [3.63, 3.8) is 0 Å². The zero-order chi connectivity index (χ0) is 7.72. The first-order valence-electron chi connectivity index (χ1n) is 3.06. The minimum absolute atomic E-state index is 0.0925. The van der Waals surface area contributed by atoms with E-state index in [0.29, 0.717) is 0 Å². The van der Waals surface area contributed by atoms with E-state index in [1.807, 2.05) is 0 Å². The monoisotopic (exact) mass is 149 g/mol. The van der Waals surface area contributed by atoms with Gasteiger partial charge in [-0.25, -0.2) is 0 Å². The lowest BCUT2D eigenvalue weighted by atomic mass is 10.1. The minimum Gasteiger partial charge on any atom is -0.387 e. The summed E-state index contributed by atoms with van der Waals surface area (Å²) in [5.41, 5.74) is 5.14. The molecule has 1 heterocycles. The van der Waals surface area contributed by atoms with Crippen molar-refractivity contribution in [3.05, 3.63) is 0 Å². The molecule has 0 aliphatic carbocycles. The molecule has 0 aromatic heterocycles. The Hall–Kier alpha value is -0.200. The standard InChI is InChI=1S/C5H11NO4/c6-1-2-3(7)4(8)5(9)10-2/h2-5,7-9H,1,6H2. The smallest absolute Gasteiger partial charge is 0.184 e. The highest BCUT2D eigenvalue weighted by molar-refractivity contribution is 4.85. The summed E-state index contributed by atoms with van der Waals surface area (Å²) in [6.45, 7) is 0.0925. The number of hydrogen-bond acceptors (Lipinski definition) is 5. The maximum Gasteiger partial charge on any atom is 0.184 e. The number of aliphatic hydroxyl groups excluding tert-OH is 3. The van der Waals surface area contributed by atoms with E-state index in [1.54, 1.807) is 0 Å². The normalized spacial score (nSPS) is 48.0. The Kier molecular flexibility index (Phi) is 2.22. The molecule has 1 rings (SSSR count). The molecule has 10 heavy (non-hydrogen) atoms. The van der Waals surface area contributed by atoms with Crippen LogP contribution in [0.25, 0.3) is 0 Å². The number of ether oxygens (including phenoxy) is 1. The maximum atomic E-state index is 9.01. The summed E-state index contributed by atoms with van der Waals surface area (Å²) in [6, 6.07) is 0. The molecule has 1 saturated heterocycles. The van der Waals surface area contributed by atoms with Crippen LogP contribution in [0.3, 0.4) is 0 Å². The first-order chi connectivity index (χ1) is 4.66. The van der Waals surface area contributed by atoms with Gasteiger partial charge in [0, 0.05) is 6.54 Å². The molecule has 0 spiro atoms. The number of rotatable bonds is 1. The highest BCUT2D eigenvalue weighted by Crippen LogP contribution is 2.17. The van der Waals surface area contributed by atoms with Crippen molar-refractivity contribution >= 4 is 0 Å². The van der Waals surface area contributed by atoms with Crippen LogP contribution in [-0.2, 0) is 4.74 Å². The van der Waals surface area contributed by atoms with Crippen molar-refractivity contribution in [2.75, 3.05) is 6.54 Å². The van der Waals surface area contributed by atoms with Crippen LogP contribution in [-0.4, -0.2) is 46.5 Å². The van der Waals surface area contributed by atoms with Gasteiger partial charge in [-0.15, -0.1) is 0 Å². The average Bonchev–Trinajstić information content (AvgIpc) is 2.17. The Bertz CT molecular complexity index is 120. The van der Waals surface area contributed by atoms with Crippen molar-refractivity contribution in [3.8, 4) is 0 Å². The van der Waals surface area contributed by atoms with E-state index >= 15 is 0 Å². The summed E-state index contributed by atoms with van der Waals surface area (Å²) in [5, 5.41) is 26.7. The first-order valence-corrected chi connectivity index (χ1v) is 3.06. The molecule has 5 heteroatoms. The molecule has 0 aromatic rings. The van der Waals surface area contributed by atoms with Gasteiger partial charge in [0.1, 0.15) is 18.3 Å². The summed E-state index contributed by atoms with van der Waals surface area (Å²) in [6.07, 6.45) is -4.25. The van der Waals surface area contributed by atoms with E-state index in [9.17, 15) is 0 Å². The van der Waals surface area contributed by atoms with E-state index in [4.69, 9.17) is 21.1 Å². The van der Waals surface area contributed by atoms with Crippen LogP contribution in [0.4, 0.5) is 0 Å². The molecule has 0 bridgehead atoms. The minimum atomic E-state index is -1.30. The predicted octanol–water partition coefficient (Wildman–Crippen LogP) is -2.62. The van der Waals surface area contributed by atoms with Crippen LogP contribution in [0.15, 0.2) is 0 Å². The Balaban J connectivity index is 2.53. The third kappa shape index (κ3) is 1.14. The lowest BCUT2D eigenvalue weighted by Crippen LogP contribution is -2.35. The van der Waals surface area contributed by atoms with Gasteiger partial charge >= 0.3 is 0 Å². The summed E-state index contributed by atoms with van der Waals surface area (Å²) in [4.78, 5) is 0. The molecule has 5 N–H and O–H groups in total. The molecule has 4 unspecified atom stereocenters. The lowest BCUT2D eigenvalue weighted by Gasteiger charge is -2.10. The van der Waals surface area contributed by atoms with Gasteiger partial charge in [0.05, 0.1) is 0 Å². The van der Waals surface area contributed by atoms with Gasteiger partial charge in [-0.3, -0.25) is 0 Å². The van der Waals surface area contributed by atoms with Crippen molar-refractivity contribution in [2.24, 2.45) is 5.73 Å². The van der Waals surface area contributed by atoms with E-state index < -0.39 is 24.6 Å². The van der Waals surface area contributed by atoms with Crippen LogP contribution in [0, 0.1) is 0 Å². The highest BCUT2D eigenvalue weighted by atomic mass is 16.6. The van der Waals surface area contributed by atoms with Crippen LogP contribution >= 0.6 is 0 Å². The second-order valence-corrected chi connectivity index (χ2v) is 2.28. The molecule has 4 atom stereocenters. The summed E-state index contributed by atoms with van der Waals surface area (Å²) in [7, 11) is 0. The fourth-order valence-corrected chi connectivity index (χ4v) is 0.924. The highest BCUT2D eigenvalue weighted by Gasteiger charge is 2.40. The van der Waals surface area contributed by atoms with Gasteiger partial charge in [0.15, 0.2) is 6.29 Å². The van der Waals surface area contributed by atoms with Gasteiger partial charge in [-0.05, 0) is 0 Å². The number of aliphatic hydroxyl groups is 3. The lowest BCUT2D eigenvalue weighted by molar-refractivity contribution is -0.125. The summed E-state index contributed by atoms with van der Waals surface area (Å²) >= 11 is 0. The number of hydrogen-bond donors (Lipinski definition) is 4. The molecule has 0 radical (unpaired) electrons. The van der Waals surface area contributed by atoms with Gasteiger partial charge in [-0.1, -0.05) is 0 Å². The van der Waals surface area contributed by atoms with Gasteiger partial charge in [0.2, 0.25) is 0 Å². The molecule has 1 aliphatic heterocycles. The molecular formula is C5H11NO4. The Morgan fingerprint density at radius 1 is 1.20 bits per heavy atom. The van der Waals surface area contributed by atoms with Gasteiger partial charge in [0.25, 0.3) is 0 Å². The maximum absolute atomic E-state index is 9.01. The fourth-order valence-electron chi connectivity index (χ4n) is 0.924. The van der Waals surface area contributed by atoms with Crippen molar-refractivity contribution < 1.29 is 20.1 Å². The molecule has 0 saturated carbocycles. The van der Waals surface area contributed by atoms with Gasteiger partial charge in [-0.2, -0.15) is 0 Å².